The van der Waals surface area contributed by atoms with E-state index < -0.39 is 10.0 Å². The first kappa shape index (κ1) is 25.6. The third-order valence-electron chi connectivity index (χ3n) is 6.18. The van der Waals surface area contributed by atoms with Crippen molar-refractivity contribution in [1.29, 1.82) is 0 Å². The van der Waals surface area contributed by atoms with E-state index in [9.17, 15) is 13.2 Å². The molecule has 0 fully saturated rings. The molecule has 0 saturated heterocycles. The van der Waals surface area contributed by atoms with Crippen LogP contribution in [-0.2, 0) is 15.4 Å². The van der Waals surface area contributed by atoms with Gasteiger partial charge in [-0.25, -0.2) is 8.42 Å². The second kappa shape index (κ2) is 10.0. The van der Waals surface area contributed by atoms with E-state index in [2.05, 4.69) is 35.8 Å². The number of carbonyl (C=O) groups is 1. The zero-order valence-electron chi connectivity index (χ0n) is 21.2. The number of carbonyl (C=O) groups excluding carboxylic acids is 1. The lowest BCUT2D eigenvalue weighted by Gasteiger charge is -2.19. The van der Waals surface area contributed by atoms with Crippen molar-refractivity contribution in [1.82, 2.24) is 4.98 Å². The van der Waals surface area contributed by atoms with Gasteiger partial charge in [0.25, 0.3) is 15.9 Å². The standard InChI is InChI=1S/C30H27N3O3S2/c1-30(2,3)21-9-12-24(13-10-21)38(35,36)33-23-11-14-26-25(19-23)27(20-7-5-4-6-8-20)28(37-26)29(34)32-22-15-17-31-18-16-22/h4-19,33H,1-3H3,(H,31,32,34). The van der Waals surface area contributed by atoms with E-state index in [0.717, 1.165) is 26.8 Å². The molecule has 2 aromatic heterocycles. The Morgan fingerprint density at radius 1 is 0.842 bits per heavy atom. The number of nitrogens with zero attached hydrogens (tertiary/aromatic N) is 1. The number of anilines is 2. The fourth-order valence-corrected chi connectivity index (χ4v) is 6.33. The van der Waals surface area contributed by atoms with Crippen LogP contribution >= 0.6 is 11.3 Å². The number of sulfonamides is 1. The lowest BCUT2D eigenvalue weighted by molar-refractivity contribution is 0.103. The molecule has 3 aromatic carbocycles. The quantitative estimate of drug-likeness (QED) is 0.236. The number of aromatic nitrogens is 1. The van der Waals surface area contributed by atoms with Crippen LogP contribution in [0.4, 0.5) is 11.4 Å². The summed E-state index contributed by atoms with van der Waals surface area (Å²) in [5.74, 6) is -0.239. The van der Waals surface area contributed by atoms with Crippen LogP contribution in [0.1, 0.15) is 36.0 Å². The molecule has 0 bridgehead atoms. The lowest BCUT2D eigenvalue weighted by atomic mass is 9.87. The Bertz CT molecular complexity index is 1710. The molecule has 0 aliphatic heterocycles. The summed E-state index contributed by atoms with van der Waals surface area (Å²) in [6.07, 6.45) is 3.24. The molecule has 0 radical (unpaired) electrons. The molecule has 192 valence electrons. The third-order valence-corrected chi connectivity index (χ3v) is 8.74. The predicted octanol–water partition coefficient (Wildman–Crippen LogP) is 7.31. The second-order valence-corrected chi connectivity index (χ2v) is 12.7. The van der Waals surface area contributed by atoms with Crippen LogP contribution in [0.25, 0.3) is 21.2 Å². The molecule has 5 aromatic rings. The van der Waals surface area contributed by atoms with E-state index >= 15 is 0 Å². The molecule has 0 saturated carbocycles. The number of benzene rings is 3. The Labute approximate surface area is 226 Å². The molecule has 2 heterocycles. The normalized spacial score (nSPS) is 11.9. The van der Waals surface area contributed by atoms with Crippen molar-refractivity contribution >= 4 is 48.7 Å². The molecular weight excluding hydrogens is 514 g/mol. The minimum atomic E-state index is -3.80. The highest BCUT2D eigenvalue weighted by Crippen LogP contribution is 2.40. The summed E-state index contributed by atoms with van der Waals surface area (Å²) in [5.41, 5.74) is 3.68. The van der Waals surface area contributed by atoms with Crippen LogP contribution in [0.3, 0.4) is 0 Å². The number of thiophene rings is 1. The Balaban J connectivity index is 1.53. The molecule has 0 aliphatic carbocycles. The summed E-state index contributed by atoms with van der Waals surface area (Å²) in [6, 6.07) is 25.4. The number of pyridine rings is 1. The van der Waals surface area contributed by atoms with Gasteiger partial charge in [-0.2, -0.15) is 0 Å². The molecule has 0 unspecified atom stereocenters. The van der Waals surface area contributed by atoms with Crippen LogP contribution in [0, 0.1) is 0 Å². The molecule has 0 atom stereocenters. The van der Waals surface area contributed by atoms with Gasteiger partial charge in [-0.05, 0) is 59.0 Å². The van der Waals surface area contributed by atoms with Gasteiger partial charge in [-0.15, -0.1) is 11.3 Å². The average Bonchev–Trinajstić information content (AvgIpc) is 3.28. The summed E-state index contributed by atoms with van der Waals surface area (Å²) in [5, 5.41) is 3.73. The highest BCUT2D eigenvalue weighted by atomic mass is 32.2. The Hall–Kier alpha value is -4.01. The Morgan fingerprint density at radius 2 is 1.53 bits per heavy atom. The molecule has 2 N–H and O–H groups in total. The number of hydrogen-bond acceptors (Lipinski definition) is 5. The molecular formula is C30H27N3O3S2. The van der Waals surface area contributed by atoms with Gasteiger partial charge in [0.2, 0.25) is 0 Å². The van der Waals surface area contributed by atoms with Gasteiger partial charge >= 0.3 is 0 Å². The maximum absolute atomic E-state index is 13.3. The van der Waals surface area contributed by atoms with Crippen LogP contribution in [0.5, 0.6) is 0 Å². The summed E-state index contributed by atoms with van der Waals surface area (Å²) in [4.78, 5) is 18.1. The van der Waals surface area contributed by atoms with Gasteiger partial charge < -0.3 is 5.32 Å². The first-order valence-electron chi connectivity index (χ1n) is 12.1. The van der Waals surface area contributed by atoms with Crippen molar-refractivity contribution < 1.29 is 13.2 Å². The minimum absolute atomic E-state index is 0.0745. The van der Waals surface area contributed by atoms with Crippen molar-refractivity contribution in [3.63, 3.8) is 0 Å². The van der Waals surface area contributed by atoms with Crippen LogP contribution < -0.4 is 10.0 Å². The molecule has 38 heavy (non-hydrogen) atoms. The highest BCUT2D eigenvalue weighted by Gasteiger charge is 2.22. The largest absolute Gasteiger partial charge is 0.321 e. The summed E-state index contributed by atoms with van der Waals surface area (Å²) < 4.78 is 30.0. The number of rotatable bonds is 6. The monoisotopic (exact) mass is 541 g/mol. The first-order valence-corrected chi connectivity index (χ1v) is 14.4. The van der Waals surface area contributed by atoms with Crippen molar-refractivity contribution in [2.45, 2.75) is 31.1 Å². The zero-order chi connectivity index (χ0) is 26.9. The molecule has 5 rings (SSSR count). The smallest absolute Gasteiger partial charge is 0.266 e. The molecule has 0 aliphatic rings. The summed E-state index contributed by atoms with van der Waals surface area (Å²) >= 11 is 1.37. The van der Waals surface area contributed by atoms with Gasteiger partial charge in [-0.3, -0.25) is 14.5 Å². The SMILES string of the molecule is CC(C)(C)c1ccc(S(=O)(=O)Nc2ccc3sc(C(=O)Nc4ccncc4)c(-c4ccccc4)c3c2)cc1. The van der Waals surface area contributed by atoms with Gasteiger partial charge in [0.1, 0.15) is 4.88 Å². The number of amides is 1. The van der Waals surface area contributed by atoms with Crippen molar-refractivity contribution in [3.05, 3.63) is 108 Å². The average molecular weight is 542 g/mol. The van der Waals surface area contributed by atoms with Gasteiger partial charge in [0, 0.05) is 39.4 Å². The Morgan fingerprint density at radius 3 is 2.18 bits per heavy atom. The van der Waals surface area contributed by atoms with Crippen molar-refractivity contribution in [2.24, 2.45) is 0 Å². The zero-order valence-corrected chi connectivity index (χ0v) is 22.9. The number of hydrogen-bond donors (Lipinski definition) is 2. The fraction of sp³-hybridized carbons (Fsp3) is 0.133. The van der Waals surface area contributed by atoms with E-state index in [0.29, 0.717) is 16.3 Å². The predicted molar refractivity (Wildman–Crippen MR) is 155 cm³/mol. The van der Waals surface area contributed by atoms with Crippen molar-refractivity contribution in [3.8, 4) is 11.1 Å². The fourth-order valence-electron chi connectivity index (χ4n) is 4.18. The summed E-state index contributed by atoms with van der Waals surface area (Å²) in [7, 11) is -3.80. The summed E-state index contributed by atoms with van der Waals surface area (Å²) in [6.45, 7) is 6.25. The topological polar surface area (TPSA) is 88.2 Å². The maximum atomic E-state index is 13.3. The molecule has 1 amide bonds. The third kappa shape index (κ3) is 5.32. The number of nitrogens with one attached hydrogen (secondary N) is 2. The van der Waals surface area contributed by atoms with Crippen LogP contribution in [0.15, 0.2) is 102 Å². The number of fused-ring (bicyclic) bond motifs is 1. The van der Waals surface area contributed by atoms with E-state index in [1.807, 2.05) is 48.5 Å². The van der Waals surface area contributed by atoms with Gasteiger partial charge in [0.05, 0.1) is 4.90 Å². The first-order chi connectivity index (χ1) is 18.1. The van der Waals surface area contributed by atoms with Crippen molar-refractivity contribution in [2.75, 3.05) is 10.0 Å². The second-order valence-electron chi connectivity index (χ2n) is 9.95. The Kier molecular flexibility index (Phi) is 6.77. The lowest BCUT2D eigenvalue weighted by Crippen LogP contribution is -2.14. The minimum Gasteiger partial charge on any atom is -0.321 e. The van der Waals surface area contributed by atoms with Gasteiger partial charge in [-0.1, -0.05) is 63.2 Å². The van der Waals surface area contributed by atoms with E-state index in [1.54, 1.807) is 48.8 Å². The van der Waals surface area contributed by atoms with Crippen LogP contribution in [-0.4, -0.2) is 19.3 Å². The van der Waals surface area contributed by atoms with Crippen LogP contribution in [0.2, 0.25) is 0 Å². The van der Waals surface area contributed by atoms with E-state index in [4.69, 9.17) is 0 Å². The van der Waals surface area contributed by atoms with E-state index in [1.165, 1.54) is 11.3 Å². The van der Waals surface area contributed by atoms with E-state index in [-0.39, 0.29) is 16.2 Å². The molecule has 0 spiro atoms. The maximum Gasteiger partial charge on any atom is 0.266 e. The van der Waals surface area contributed by atoms with Gasteiger partial charge in [0.15, 0.2) is 0 Å². The molecule has 6 nitrogen and oxygen atoms in total. The molecule has 8 heteroatoms. The highest BCUT2D eigenvalue weighted by molar-refractivity contribution is 7.92.